The molecule has 3 rings (SSSR count). The van der Waals surface area contributed by atoms with Gasteiger partial charge in [0.15, 0.2) is 5.82 Å². The van der Waals surface area contributed by atoms with E-state index in [0.717, 1.165) is 12.8 Å². The highest BCUT2D eigenvalue weighted by molar-refractivity contribution is 6.05. The van der Waals surface area contributed by atoms with Crippen molar-refractivity contribution in [3.8, 4) is 0 Å². The van der Waals surface area contributed by atoms with Gasteiger partial charge in [-0.2, -0.15) is 0 Å². The molecule has 0 unspecified atom stereocenters. The molecule has 7 nitrogen and oxygen atoms in total. The van der Waals surface area contributed by atoms with Crippen LogP contribution < -0.4 is 10.6 Å². The quantitative estimate of drug-likeness (QED) is 0.628. The van der Waals surface area contributed by atoms with Gasteiger partial charge in [0.2, 0.25) is 0 Å². The molecule has 2 heterocycles. The molecular weight excluding hydrogens is 344 g/mol. The Bertz CT molecular complexity index is 922. The molecule has 0 fully saturated rings. The molecule has 138 valence electrons. The molecule has 0 saturated heterocycles. The summed E-state index contributed by atoms with van der Waals surface area (Å²) in [7, 11) is 0. The van der Waals surface area contributed by atoms with E-state index < -0.39 is 5.91 Å². The lowest BCUT2D eigenvalue weighted by atomic mass is 10.1. The fraction of sp³-hybridized carbons (Fsp3) is 0.200. The molecule has 0 bridgehead atoms. The molecule has 0 atom stereocenters. The van der Waals surface area contributed by atoms with Crippen LogP contribution in [0.2, 0.25) is 0 Å². The van der Waals surface area contributed by atoms with Gasteiger partial charge in [0.1, 0.15) is 5.76 Å². The van der Waals surface area contributed by atoms with Crippen molar-refractivity contribution in [2.75, 3.05) is 11.9 Å². The van der Waals surface area contributed by atoms with Crippen LogP contribution in [0.5, 0.6) is 0 Å². The monoisotopic (exact) mass is 364 g/mol. The zero-order chi connectivity index (χ0) is 19.1. The molecule has 3 aromatic rings. The van der Waals surface area contributed by atoms with Gasteiger partial charge in [0.25, 0.3) is 11.8 Å². The van der Waals surface area contributed by atoms with Crippen LogP contribution in [0.15, 0.2) is 59.4 Å². The van der Waals surface area contributed by atoms with Crippen molar-refractivity contribution in [2.24, 2.45) is 0 Å². The van der Waals surface area contributed by atoms with E-state index in [-0.39, 0.29) is 11.5 Å². The molecule has 0 aliphatic heterocycles. The molecule has 0 aliphatic rings. The molecule has 0 radical (unpaired) electrons. The Morgan fingerprint density at radius 2 is 1.78 bits per heavy atom. The lowest BCUT2D eigenvalue weighted by Gasteiger charge is -2.07. The van der Waals surface area contributed by atoms with E-state index in [4.69, 9.17) is 4.52 Å². The predicted octanol–water partition coefficient (Wildman–Crippen LogP) is 2.99. The van der Waals surface area contributed by atoms with Gasteiger partial charge in [-0.15, -0.1) is 0 Å². The van der Waals surface area contributed by atoms with Crippen molar-refractivity contribution in [1.82, 2.24) is 15.5 Å². The number of nitrogens with zero attached hydrogens (tertiary/aromatic N) is 2. The molecule has 27 heavy (non-hydrogen) atoms. The van der Waals surface area contributed by atoms with Crippen molar-refractivity contribution < 1.29 is 14.1 Å². The second-order valence-corrected chi connectivity index (χ2v) is 6.08. The number of benzene rings is 1. The smallest absolute Gasteiger partial charge is 0.258 e. The third kappa shape index (κ3) is 5.24. The number of pyridine rings is 1. The molecule has 0 spiro atoms. The highest BCUT2D eigenvalue weighted by Crippen LogP contribution is 2.10. The van der Waals surface area contributed by atoms with Crippen LogP contribution in [0, 0.1) is 6.92 Å². The SMILES string of the molecule is Cc1cc(NC(=O)c2cncc(C(=O)NCCCc3ccccc3)c2)no1. The van der Waals surface area contributed by atoms with Crippen LogP contribution in [0.3, 0.4) is 0 Å². The Morgan fingerprint density at radius 1 is 1.04 bits per heavy atom. The zero-order valence-electron chi connectivity index (χ0n) is 14.9. The Morgan fingerprint density at radius 3 is 2.48 bits per heavy atom. The first kappa shape index (κ1) is 18.3. The largest absolute Gasteiger partial charge is 0.360 e. The number of aryl methyl sites for hydroxylation is 2. The van der Waals surface area contributed by atoms with Gasteiger partial charge in [-0.05, 0) is 31.4 Å². The summed E-state index contributed by atoms with van der Waals surface area (Å²) in [6, 6.07) is 13.2. The van der Waals surface area contributed by atoms with Crippen molar-refractivity contribution >= 4 is 17.6 Å². The first-order chi connectivity index (χ1) is 13.1. The minimum Gasteiger partial charge on any atom is -0.360 e. The van der Waals surface area contributed by atoms with Crippen LogP contribution >= 0.6 is 0 Å². The average Bonchev–Trinajstić information content (AvgIpc) is 3.10. The maximum atomic E-state index is 12.3. The van der Waals surface area contributed by atoms with Gasteiger partial charge in [-0.1, -0.05) is 35.5 Å². The third-order valence-electron chi connectivity index (χ3n) is 3.90. The zero-order valence-corrected chi connectivity index (χ0v) is 14.9. The fourth-order valence-corrected chi connectivity index (χ4v) is 2.54. The summed E-state index contributed by atoms with van der Waals surface area (Å²) in [5.41, 5.74) is 1.83. The van der Waals surface area contributed by atoms with Crippen LogP contribution in [0.1, 0.15) is 38.5 Å². The van der Waals surface area contributed by atoms with Crippen molar-refractivity contribution in [1.29, 1.82) is 0 Å². The number of carbonyl (C=O) groups excluding carboxylic acids is 2. The summed E-state index contributed by atoms with van der Waals surface area (Å²) in [5, 5.41) is 9.16. The maximum Gasteiger partial charge on any atom is 0.258 e. The summed E-state index contributed by atoms with van der Waals surface area (Å²) in [4.78, 5) is 28.5. The highest BCUT2D eigenvalue weighted by Gasteiger charge is 2.13. The van der Waals surface area contributed by atoms with Crippen LogP contribution in [0.25, 0.3) is 0 Å². The minimum atomic E-state index is -0.408. The number of hydrogen-bond acceptors (Lipinski definition) is 5. The van der Waals surface area contributed by atoms with Gasteiger partial charge in [-0.3, -0.25) is 14.6 Å². The maximum absolute atomic E-state index is 12.3. The fourth-order valence-electron chi connectivity index (χ4n) is 2.54. The first-order valence-electron chi connectivity index (χ1n) is 8.63. The van der Waals surface area contributed by atoms with E-state index in [0.29, 0.717) is 23.7 Å². The summed E-state index contributed by atoms with van der Waals surface area (Å²) in [6.07, 6.45) is 4.55. The second kappa shape index (κ2) is 8.75. The number of nitrogens with one attached hydrogen (secondary N) is 2. The molecule has 0 aliphatic carbocycles. The molecule has 2 aromatic heterocycles. The normalized spacial score (nSPS) is 10.4. The lowest BCUT2D eigenvalue weighted by Crippen LogP contribution is -2.25. The van der Waals surface area contributed by atoms with Gasteiger partial charge < -0.3 is 15.2 Å². The summed E-state index contributed by atoms with van der Waals surface area (Å²) in [5.74, 6) is 0.234. The van der Waals surface area contributed by atoms with Crippen molar-refractivity contribution in [3.63, 3.8) is 0 Å². The van der Waals surface area contributed by atoms with Gasteiger partial charge in [-0.25, -0.2) is 0 Å². The number of aromatic nitrogens is 2. The predicted molar refractivity (Wildman–Crippen MR) is 101 cm³/mol. The van der Waals surface area contributed by atoms with Crippen LogP contribution in [-0.2, 0) is 6.42 Å². The van der Waals surface area contributed by atoms with Crippen LogP contribution in [-0.4, -0.2) is 28.5 Å². The topological polar surface area (TPSA) is 97.1 Å². The molecule has 2 N–H and O–H groups in total. The number of amides is 2. The van der Waals surface area contributed by atoms with E-state index in [2.05, 4.69) is 32.9 Å². The van der Waals surface area contributed by atoms with Gasteiger partial charge in [0, 0.05) is 25.0 Å². The van der Waals surface area contributed by atoms with Crippen molar-refractivity contribution in [3.05, 3.63) is 77.3 Å². The lowest BCUT2D eigenvalue weighted by molar-refractivity contribution is 0.0953. The van der Waals surface area contributed by atoms with E-state index in [9.17, 15) is 9.59 Å². The number of anilines is 1. The minimum absolute atomic E-state index is 0.262. The van der Waals surface area contributed by atoms with Crippen LogP contribution in [0.4, 0.5) is 5.82 Å². The van der Waals surface area contributed by atoms with E-state index >= 15 is 0 Å². The second-order valence-electron chi connectivity index (χ2n) is 6.08. The molecule has 1 aromatic carbocycles. The number of carbonyl (C=O) groups is 2. The Labute approximate surface area is 156 Å². The van der Waals surface area contributed by atoms with Gasteiger partial charge in [0.05, 0.1) is 11.1 Å². The summed E-state index contributed by atoms with van der Waals surface area (Å²) in [6.45, 7) is 2.27. The number of hydrogen-bond donors (Lipinski definition) is 2. The van der Waals surface area contributed by atoms with E-state index in [1.54, 1.807) is 13.0 Å². The van der Waals surface area contributed by atoms with E-state index in [1.165, 1.54) is 24.0 Å². The Hall–Kier alpha value is -3.48. The van der Waals surface area contributed by atoms with Crippen molar-refractivity contribution in [2.45, 2.75) is 19.8 Å². The average molecular weight is 364 g/mol. The number of rotatable bonds is 7. The molecular formula is C20H20N4O3. The standard InChI is InChI=1S/C20H20N4O3/c1-14-10-18(24-27-14)23-20(26)17-11-16(12-21-13-17)19(25)22-9-5-8-15-6-3-2-4-7-15/h2-4,6-7,10-13H,5,8-9H2,1H3,(H,22,25)(H,23,24,26). The summed E-state index contributed by atoms with van der Waals surface area (Å²) >= 11 is 0. The highest BCUT2D eigenvalue weighted by atomic mass is 16.5. The Kier molecular flexibility index (Phi) is 5.94. The molecule has 2 amide bonds. The summed E-state index contributed by atoms with van der Waals surface area (Å²) < 4.78 is 4.91. The third-order valence-corrected chi connectivity index (χ3v) is 3.90. The Balaban J connectivity index is 1.52. The molecule has 0 saturated carbocycles. The molecule has 7 heteroatoms. The van der Waals surface area contributed by atoms with E-state index in [1.807, 2.05) is 18.2 Å². The first-order valence-corrected chi connectivity index (χ1v) is 8.63. The van der Waals surface area contributed by atoms with Gasteiger partial charge >= 0.3 is 0 Å².